The van der Waals surface area contributed by atoms with E-state index in [1.54, 1.807) is 0 Å². The van der Waals surface area contributed by atoms with Crippen molar-refractivity contribution in [3.63, 3.8) is 0 Å². The Morgan fingerprint density at radius 2 is 2.06 bits per heavy atom. The summed E-state index contributed by atoms with van der Waals surface area (Å²) in [7, 11) is 0. The molecule has 2 aliphatic rings. The topological polar surface area (TPSA) is 12.0 Å². The van der Waals surface area contributed by atoms with E-state index >= 15 is 0 Å². The number of rotatable bonds is 0. The molecule has 0 amide bonds. The van der Waals surface area contributed by atoms with Gasteiger partial charge in [-0.25, -0.2) is 0 Å². The molecule has 0 aromatic heterocycles. The molecule has 1 aromatic carbocycles. The molecular weight excluding hydrogens is 194 g/mol. The smallest absolute Gasteiger partial charge is 0.0513 e. The van der Waals surface area contributed by atoms with Gasteiger partial charge in [0.05, 0.1) is 6.04 Å². The Hall–Kier alpha value is -1.50. The number of fused-ring (bicyclic) bond motifs is 2. The highest BCUT2D eigenvalue weighted by Crippen LogP contribution is 2.27. The molecule has 1 aromatic rings. The van der Waals surface area contributed by atoms with E-state index in [0.717, 1.165) is 12.8 Å². The molecule has 1 heterocycles. The number of benzene rings is 1. The molecule has 1 aliphatic carbocycles. The summed E-state index contributed by atoms with van der Waals surface area (Å²) in [6.07, 6.45) is 11.7. The van der Waals surface area contributed by atoms with Crippen molar-refractivity contribution in [1.82, 2.24) is 0 Å². The van der Waals surface area contributed by atoms with E-state index in [1.807, 2.05) is 0 Å². The zero-order chi connectivity index (χ0) is 10.8. The van der Waals surface area contributed by atoms with Gasteiger partial charge in [-0.3, -0.25) is 0 Å². The van der Waals surface area contributed by atoms with E-state index in [9.17, 15) is 0 Å². The van der Waals surface area contributed by atoms with Crippen LogP contribution in [0.25, 0.3) is 0 Å². The van der Waals surface area contributed by atoms with Crippen molar-refractivity contribution >= 4 is 5.69 Å². The van der Waals surface area contributed by atoms with Crippen molar-refractivity contribution in [2.45, 2.75) is 31.7 Å². The number of anilines is 1. The van der Waals surface area contributed by atoms with Crippen LogP contribution in [-0.4, -0.2) is 6.04 Å². The molecule has 0 saturated carbocycles. The molecule has 3 rings (SSSR count). The van der Waals surface area contributed by atoms with E-state index in [-0.39, 0.29) is 0 Å². The third-order valence-corrected chi connectivity index (χ3v) is 3.48. The van der Waals surface area contributed by atoms with Gasteiger partial charge >= 0.3 is 0 Å². The minimum Gasteiger partial charge on any atom is -0.378 e. The molecule has 82 valence electrons. The second-order valence-corrected chi connectivity index (χ2v) is 4.58. The van der Waals surface area contributed by atoms with Crippen LogP contribution < -0.4 is 5.32 Å². The summed E-state index contributed by atoms with van der Waals surface area (Å²) >= 11 is 0. The van der Waals surface area contributed by atoms with E-state index in [1.165, 1.54) is 29.7 Å². The summed E-state index contributed by atoms with van der Waals surface area (Å²) in [5.41, 5.74) is 4.25. The molecule has 1 atom stereocenters. The fourth-order valence-electron chi connectivity index (χ4n) is 2.59. The largest absolute Gasteiger partial charge is 0.378 e. The summed E-state index contributed by atoms with van der Waals surface area (Å²) in [6, 6.07) is 9.21. The van der Waals surface area contributed by atoms with Crippen LogP contribution in [0.1, 0.15) is 24.8 Å². The lowest BCUT2D eigenvalue weighted by molar-refractivity contribution is 0.720. The maximum atomic E-state index is 3.68. The highest BCUT2D eigenvalue weighted by Gasteiger charge is 2.17. The predicted octanol–water partition coefficient (Wildman–Crippen LogP) is 3.69. The first-order chi connectivity index (χ1) is 7.93. The number of hydrogen-bond donors (Lipinski definition) is 1. The Bertz CT molecular complexity index is 443. The zero-order valence-corrected chi connectivity index (χ0v) is 9.45. The summed E-state index contributed by atoms with van der Waals surface area (Å²) in [5, 5.41) is 3.68. The van der Waals surface area contributed by atoms with Crippen LogP contribution in [0.3, 0.4) is 0 Å². The molecule has 0 spiro atoms. The maximum Gasteiger partial charge on any atom is 0.0513 e. The highest BCUT2D eigenvalue weighted by atomic mass is 14.9. The van der Waals surface area contributed by atoms with Gasteiger partial charge in [0.2, 0.25) is 0 Å². The standard InChI is InChI=1S/C15H17N/c1-3-10-14-12(6-1)8-5-9-13-7-2-4-11-15(13)16-14/h1-3,6-7,9-10,15-16H,4-5,8,11H2/b13-9-. The Kier molecular flexibility index (Phi) is 2.53. The Labute approximate surface area is 96.9 Å². The molecule has 1 aliphatic heterocycles. The lowest BCUT2D eigenvalue weighted by Gasteiger charge is -2.27. The maximum absolute atomic E-state index is 3.68. The third kappa shape index (κ3) is 1.78. The quantitative estimate of drug-likeness (QED) is 0.690. The molecule has 1 N–H and O–H groups in total. The van der Waals surface area contributed by atoms with Crippen LogP contribution in [0, 0.1) is 0 Å². The minimum absolute atomic E-state index is 0.520. The summed E-state index contributed by atoms with van der Waals surface area (Å²) in [6.45, 7) is 0. The van der Waals surface area contributed by atoms with Crippen molar-refractivity contribution < 1.29 is 0 Å². The van der Waals surface area contributed by atoms with Crippen LogP contribution in [0.5, 0.6) is 0 Å². The lowest BCUT2D eigenvalue weighted by Crippen LogP contribution is -2.24. The summed E-state index contributed by atoms with van der Waals surface area (Å²) in [4.78, 5) is 0. The average Bonchev–Trinajstić information content (AvgIpc) is 2.29. The lowest BCUT2D eigenvalue weighted by atomic mass is 9.92. The zero-order valence-electron chi connectivity index (χ0n) is 9.45. The van der Waals surface area contributed by atoms with E-state index < -0.39 is 0 Å². The van der Waals surface area contributed by atoms with Crippen molar-refractivity contribution in [2.75, 3.05) is 5.32 Å². The van der Waals surface area contributed by atoms with Gasteiger partial charge in [0.15, 0.2) is 0 Å². The normalized spacial score (nSPS) is 26.5. The first-order valence-electron chi connectivity index (χ1n) is 6.14. The third-order valence-electron chi connectivity index (χ3n) is 3.48. The fraction of sp³-hybridized carbons (Fsp3) is 0.333. The molecule has 1 heteroatoms. The van der Waals surface area contributed by atoms with Gasteiger partial charge in [0.25, 0.3) is 0 Å². The first kappa shape index (κ1) is 9.71. The van der Waals surface area contributed by atoms with Gasteiger partial charge in [-0.1, -0.05) is 36.4 Å². The van der Waals surface area contributed by atoms with E-state index in [4.69, 9.17) is 0 Å². The minimum atomic E-state index is 0.520. The van der Waals surface area contributed by atoms with Gasteiger partial charge in [-0.2, -0.15) is 0 Å². The highest BCUT2D eigenvalue weighted by molar-refractivity contribution is 5.55. The molecule has 0 bridgehead atoms. The van der Waals surface area contributed by atoms with E-state index in [2.05, 4.69) is 47.8 Å². The molecule has 1 unspecified atom stereocenters. The molecule has 0 fully saturated rings. The fourth-order valence-corrected chi connectivity index (χ4v) is 2.59. The predicted molar refractivity (Wildman–Crippen MR) is 68.6 cm³/mol. The van der Waals surface area contributed by atoms with Crippen molar-refractivity contribution in [3.8, 4) is 0 Å². The number of aryl methyl sites for hydroxylation is 1. The second kappa shape index (κ2) is 4.17. The SMILES string of the molecule is C1=C/C2=C/CCc3ccccc3NC2CC1. The van der Waals surface area contributed by atoms with Crippen LogP contribution in [0.2, 0.25) is 0 Å². The number of para-hydroxylation sites is 1. The monoisotopic (exact) mass is 211 g/mol. The van der Waals surface area contributed by atoms with Crippen molar-refractivity contribution in [3.05, 3.63) is 53.6 Å². The van der Waals surface area contributed by atoms with Crippen molar-refractivity contribution in [1.29, 1.82) is 0 Å². The van der Waals surface area contributed by atoms with Gasteiger partial charge in [-0.05, 0) is 42.9 Å². The van der Waals surface area contributed by atoms with Gasteiger partial charge in [-0.15, -0.1) is 0 Å². The Balaban J connectivity index is 1.95. The number of hydrogen-bond acceptors (Lipinski definition) is 1. The first-order valence-corrected chi connectivity index (χ1v) is 6.14. The molecule has 0 radical (unpaired) electrons. The summed E-state index contributed by atoms with van der Waals surface area (Å²) < 4.78 is 0. The molecule has 1 nitrogen and oxygen atoms in total. The van der Waals surface area contributed by atoms with Gasteiger partial charge in [0.1, 0.15) is 0 Å². The van der Waals surface area contributed by atoms with E-state index in [0.29, 0.717) is 6.04 Å². The second-order valence-electron chi connectivity index (χ2n) is 4.58. The van der Waals surface area contributed by atoms with Gasteiger partial charge in [0, 0.05) is 5.69 Å². The number of allylic oxidation sites excluding steroid dienone is 2. The van der Waals surface area contributed by atoms with Crippen LogP contribution in [0.15, 0.2) is 48.1 Å². The average molecular weight is 211 g/mol. The summed E-state index contributed by atoms with van der Waals surface area (Å²) in [5.74, 6) is 0. The van der Waals surface area contributed by atoms with Gasteiger partial charge < -0.3 is 5.32 Å². The molecule has 16 heavy (non-hydrogen) atoms. The van der Waals surface area contributed by atoms with Crippen LogP contribution in [0.4, 0.5) is 5.69 Å². The Morgan fingerprint density at radius 1 is 1.12 bits per heavy atom. The van der Waals surface area contributed by atoms with Crippen LogP contribution in [-0.2, 0) is 6.42 Å². The molecular formula is C15H17N. The van der Waals surface area contributed by atoms with Crippen LogP contribution >= 0.6 is 0 Å². The Morgan fingerprint density at radius 3 is 3.06 bits per heavy atom. The number of nitrogens with one attached hydrogen (secondary N) is 1. The van der Waals surface area contributed by atoms with Crippen molar-refractivity contribution in [2.24, 2.45) is 0 Å². The molecule has 0 saturated heterocycles.